The number of nitrogens with one attached hydrogen (secondary N) is 4. The van der Waals surface area contributed by atoms with E-state index in [1.54, 1.807) is 0 Å². The Morgan fingerprint density at radius 2 is 1.77 bits per heavy atom. The van der Waals surface area contributed by atoms with Crippen LogP contribution in [0, 0.1) is 11.8 Å². The van der Waals surface area contributed by atoms with Crippen molar-refractivity contribution in [3.63, 3.8) is 0 Å². The first-order valence-electron chi connectivity index (χ1n) is 12.3. The van der Waals surface area contributed by atoms with Crippen LogP contribution >= 0.6 is 0 Å². The Balaban J connectivity index is 1.40. The van der Waals surface area contributed by atoms with Crippen LogP contribution in [-0.4, -0.2) is 54.7 Å². The Hall–Kier alpha value is -1.21. The van der Waals surface area contributed by atoms with Gasteiger partial charge in [-0.1, -0.05) is 32.6 Å². The number of piperidine rings is 1. The van der Waals surface area contributed by atoms with Gasteiger partial charge in [-0.05, 0) is 57.4 Å². The predicted octanol–water partition coefficient (Wildman–Crippen LogP) is 2.18. The van der Waals surface area contributed by atoms with Gasteiger partial charge in [-0.3, -0.25) is 9.59 Å². The molecule has 2 saturated heterocycles. The van der Waals surface area contributed by atoms with Crippen molar-refractivity contribution >= 4 is 11.8 Å². The molecule has 170 valence electrons. The smallest absolute Gasteiger partial charge is 0.244 e. The van der Waals surface area contributed by atoms with E-state index in [1.165, 1.54) is 6.42 Å². The van der Waals surface area contributed by atoms with E-state index in [9.17, 15) is 14.0 Å². The summed E-state index contributed by atoms with van der Waals surface area (Å²) in [6, 6.07) is -0.736. The minimum Gasteiger partial charge on any atom is -0.352 e. The SMILES string of the molecule is CC1CCC(F)C2CC(C(=O)NC(C(=O)NC3CCCCC3)C3CCCCN3)NC12. The van der Waals surface area contributed by atoms with Crippen LogP contribution in [0.25, 0.3) is 0 Å². The number of carbonyl (C=O) groups excluding carboxylic acids is 2. The Bertz CT molecular complexity index is 588. The normalized spacial score (nSPS) is 38.5. The van der Waals surface area contributed by atoms with Crippen LogP contribution < -0.4 is 21.3 Å². The van der Waals surface area contributed by atoms with E-state index in [0.717, 1.165) is 57.9 Å². The molecule has 2 amide bonds. The number of amides is 2. The van der Waals surface area contributed by atoms with E-state index < -0.39 is 18.3 Å². The fourth-order valence-electron chi connectivity index (χ4n) is 6.10. The third-order valence-electron chi connectivity index (χ3n) is 7.94. The number of hydrogen-bond acceptors (Lipinski definition) is 4. The van der Waals surface area contributed by atoms with Gasteiger partial charge in [0.15, 0.2) is 0 Å². The van der Waals surface area contributed by atoms with Gasteiger partial charge >= 0.3 is 0 Å². The number of rotatable bonds is 5. The van der Waals surface area contributed by atoms with Crippen LogP contribution in [-0.2, 0) is 9.59 Å². The zero-order valence-corrected chi connectivity index (χ0v) is 18.3. The third-order valence-corrected chi connectivity index (χ3v) is 7.94. The number of hydrogen-bond donors (Lipinski definition) is 4. The van der Waals surface area contributed by atoms with E-state index in [1.807, 2.05) is 0 Å². The van der Waals surface area contributed by atoms with Gasteiger partial charge in [-0.2, -0.15) is 0 Å². The van der Waals surface area contributed by atoms with Crippen molar-refractivity contribution in [1.82, 2.24) is 21.3 Å². The molecule has 0 aromatic rings. The topological polar surface area (TPSA) is 82.3 Å². The molecule has 0 spiro atoms. The summed E-state index contributed by atoms with van der Waals surface area (Å²) in [7, 11) is 0. The van der Waals surface area contributed by atoms with Crippen molar-refractivity contribution in [2.45, 2.75) is 114 Å². The minimum atomic E-state index is -0.832. The van der Waals surface area contributed by atoms with E-state index in [-0.39, 0.29) is 35.9 Å². The number of carbonyl (C=O) groups is 2. The molecule has 6 nitrogen and oxygen atoms in total. The molecule has 7 atom stereocenters. The van der Waals surface area contributed by atoms with Crippen molar-refractivity contribution in [1.29, 1.82) is 0 Å². The first-order chi connectivity index (χ1) is 14.5. The first kappa shape index (κ1) is 22.0. The highest BCUT2D eigenvalue weighted by atomic mass is 19.1. The quantitative estimate of drug-likeness (QED) is 0.547. The summed E-state index contributed by atoms with van der Waals surface area (Å²) in [6.07, 6.45) is 9.79. The van der Waals surface area contributed by atoms with Gasteiger partial charge < -0.3 is 21.3 Å². The van der Waals surface area contributed by atoms with Crippen molar-refractivity contribution < 1.29 is 14.0 Å². The van der Waals surface area contributed by atoms with Crippen molar-refractivity contribution in [3.8, 4) is 0 Å². The maximum absolute atomic E-state index is 14.4. The maximum atomic E-state index is 14.4. The second kappa shape index (κ2) is 9.94. The molecule has 2 aliphatic heterocycles. The van der Waals surface area contributed by atoms with E-state index >= 15 is 0 Å². The molecule has 7 unspecified atom stereocenters. The second-order valence-corrected chi connectivity index (χ2v) is 10.1. The standard InChI is InChI=1S/C23H39FN4O2/c1-14-10-11-17(24)16-13-19(27-20(14)16)22(29)28-21(18-9-5-6-12-25-18)23(30)26-15-7-3-2-4-8-15/h14-21,25,27H,2-13H2,1H3,(H,26,30)(H,28,29). The molecule has 0 bridgehead atoms. The lowest BCUT2D eigenvalue weighted by Gasteiger charge is -2.34. The Morgan fingerprint density at radius 3 is 2.47 bits per heavy atom. The van der Waals surface area contributed by atoms with Gasteiger partial charge in [0.05, 0.1) is 6.04 Å². The van der Waals surface area contributed by atoms with Gasteiger partial charge in [0.25, 0.3) is 0 Å². The van der Waals surface area contributed by atoms with Crippen LogP contribution in [0.1, 0.15) is 77.6 Å². The lowest BCUT2D eigenvalue weighted by atomic mass is 9.77. The third kappa shape index (κ3) is 4.98. The first-order valence-corrected chi connectivity index (χ1v) is 12.3. The van der Waals surface area contributed by atoms with Crippen LogP contribution in [0.4, 0.5) is 4.39 Å². The molecule has 2 heterocycles. The fraction of sp³-hybridized carbons (Fsp3) is 0.913. The van der Waals surface area contributed by atoms with Gasteiger partial charge in [0, 0.05) is 24.0 Å². The summed E-state index contributed by atoms with van der Waals surface area (Å²) in [5, 5.41) is 13.1. The monoisotopic (exact) mass is 422 g/mol. The molecular weight excluding hydrogens is 383 g/mol. The molecule has 0 radical (unpaired) electrons. The van der Waals surface area contributed by atoms with Crippen molar-refractivity contribution in [2.75, 3.05) is 6.54 Å². The van der Waals surface area contributed by atoms with Crippen molar-refractivity contribution in [2.24, 2.45) is 11.8 Å². The van der Waals surface area contributed by atoms with Gasteiger partial charge in [0.2, 0.25) is 11.8 Å². The summed E-state index contributed by atoms with van der Waals surface area (Å²) < 4.78 is 14.4. The van der Waals surface area contributed by atoms with Gasteiger partial charge in [-0.25, -0.2) is 4.39 Å². The summed E-state index contributed by atoms with van der Waals surface area (Å²) in [5.41, 5.74) is 0. The summed E-state index contributed by atoms with van der Waals surface area (Å²) in [5.74, 6) is 0.0683. The number of alkyl halides is 1. The Kier molecular flexibility index (Phi) is 7.29. The molecular formula is C23H39FN4O2. The molecule has 0 aromatic carbocycles. The second-order valence-electron chi connectivity index (χ2n) is 10.1. The highest BCUT2D eigenvalue weighted by Crippen LogP contribution is 2.38. The predicted molar refractivity (Wildman–Crippen MR) is 115 cm³/mol. The van der Waals surface area contributed by atoms with Crippen LogP contribution in [0.15, 0.2) is 0 Å². The van der Waals surface area contributed by atoms with Crippen LogP contribution in [0.5, 0.6) is 0 Å². The molecule has 4 fully saturated rings. The molecule has 7 heteroatoms. The van der Waals surface area contributed by atoms with E-state index in [4.69, 9.17) is 0 Å². The molecule has 4 rings (SSSR count). The van der Waals surface area contributed by atoms with E-state index in [2.05, 4.69) is 28.2 Å². The zero-order chi connectivity index (χ0) is 21.1. The minimum absolute atomic E-state index is 0.0391. The van der Waals surface area contributed by atoms with E-state index in [0.29, 0.717) is 18.8 Å². The average Bonchev–Trinajstić information content (AvgIpc) is 3.23. The lowest BCUT2D eigenvalue weighted by molar-refractivity contribution is -0.131. The summed E-state index contributed by atoms with van der Waals surface area (Å²) in [6.45, 7) is 3.02. The Morgan fingerprint density at radius 1 is 1.00 bits per heavy atom. The molecule has 30 heavy (non-hydrogen) atoms. The summed E-state index contributed by atoms with van der Waals surface area (Å²) in [4.78, 5) is 26.3. The largest absolute Gasteiger partial charge is 0.352 e. The highest BCUT2D eigenvalue weighted by Gasteiger charge is 2.47. The average molecular weight is 423 g/mol. The molecule has 0 aromatic heterocycles. The Labute approximate surface area is 179 Å². The van der Waals surface area contributed by atoms with Crippen molar-refractivity contribution in [3.05, 3.63) is 0 Å². The van der Waals surface area contributed by atoms with Gasteiger partial charge in [0.1, 0.15) is 12.2 Å². The van der Waals surface area contributed by atoms with Crippen LogP contribution in [0.2, 0.25) is 0 Å². The molecule has 2 saturated carbocycles. The fourth-order valence-corrected chi connectivity index (χ4v) is 6.10. The highest BCUT2D eigenvalue weighted by molar-refractivity contribution is 5.90. The van der Waals surface area contributed by atoms with Crippen LogP contribution in [0.3, 0.4) is 0 Å². The lowest BCUT2D eigenvalue weighted by Crippen LogP contribution is -2.62. The molecule has 4 aliphatic rings. The summed E-state index contributed by atoms with van der Waals surface area (Å²) >= 11 is 0. The number of fused-ring (bicyclic) bond motifs is 1. The molecule has 2 aliphatic carbocycles. The number of halogens is 1. The maximum Gasteiger partial charge on any atom is 0.244 e. The molecule has 4 N–H and O–H groups in total. The van der Waals surface area contributed by atoms with Gasteiger partial charge in [-0.15, -0.1) is 0 Å². The zero-order valence-electron chi connectivity index (χ0n) is 18.3.